The fourth-order valence-electron chi connectivity index (χ4n) is 3.79. The predicted octanol–water partition coefficient (Wildman–Crippen LogP) is 6.04. The summed E-state index contributed by atoms with van der Waals surface area (Å²) < 4.78 is 7.97. The third-order valence-corrected chi connectivity index (χ3v) is 5.21. The first-order valence-electron chi connectivity index (χ1n) is 11.1. The maximum absolute atomic E-state index is 12.0. The van der Waals surface area contributed by atoms with E-state index in [-0.39, 0.29) is 6.03 Å². The highest BCUT2D eigenvalue weighted by atomic mass is 16.5. The zero-order chi connectivity index (χ0) is 22.2. The Kier molecular flexibility index (Phi) is 7.70. The molecule has 0 spiro atoms. The summed E-state index contributed by atoms with van der Waals surface area (Å²) in [5, 5.41) is 14.9. The molecule has 0 aliphatic carbocycles. The number of hydrogen-bond donors (Lipinski definition) is 3. The summed E-state index contributed by atoms with van der Waals surface area (Å²) in [4.78, 5) is 12.0. The normalized spacial score (nSPS) is 10.8. The van der Waals surface area contributed by atoms with Gasteiger partial charge in [0, 0.05) is 42.0 Å². The first-order valence-corrected chi connectivity index (χ1v) is 11.1. The molecule has 31 heavy (non-hydrogen) atoms. The van der Waals surface area contributed by atoms with Crippen molar-refractivity contribution in [3.8, 4) is 17.0 Å². The van der Waals surface area contributed by atoms with Crippen LogP contribution in [-0.4, -0.2) is 30.0 Å². The Bertz CT molecular complexity index is 1040. The Morgan fingerprint density at radius 3 is 2.52 bits per heavy atom. The molecule has 3 aromatic rings. The van der Waals surface area contributed by atoms with Crippen LogP contribution in [0.4, 0.5) is 10.5 Å². The van der Waals surface area contributed by atoms with E-state index in [0.29, 0.717) is 13.2 Å². The van der Waals surface area contributed by atoms with Crippen LogP contribution in [0.15, 0.2) is 42.5 Å². The molecule has 0 aliphatic rings. The second-order valence-corrected chi connectivity index (χ2v) is 7.48. The monoisotopic (exact) mass is 420 g/mol. The molecule has 0 radical (unpaired) electrons. The predicted molar refractivity (Wildman–Crippen MR) is 129 cm³/mol. The molecule has 0 bridgehead atoms. The fourth-order valence-corrected chi connectivity index (χ4v) is 3.79. The topological polar surface area (TPSA) is 79.1 Å². The summed E-state index contributed by atoms with van der Waals surface area (Å²) in [5.74, 6) is 0.835. The lowest BCUT2D eigenvalue weighted by Gasteiger charge is -2.12. The lowest BCUT2D eigenvalue weighted by atomic mass is 10.1. The maximum atomic E-state index is 12.0. The quantitative estimate of drug-likeness (QED) is 0.276. The Morgan fingerprint density at radius 2 is 1.87 bits per heavy atom. The average molecular weight is 421 g/mol. The van der Waals surface area contributed by atoms with Gasteiger partial charge in [-0.15, -0.1) is 0 Å². The van der Waals surface area contributed by atoms with Gasteiger partial charge >= 0.3 is 6.03 Å². The number of carbonyl (C=O) groups excluding carboxylic acids is 1. The Labute approximate surface area is 184 Å². The molecular formula is C25H32N4O2. The van der Waals surface area contributed by atoms with Gasteiger partial charge in [0.1, 0.15) is 5.75 Å². The zero-order valence-corrected chi connectivity index (χ0v) is 18.6. The van der Waals surface area contributed by atoms with Gasteiger partial charge in [0.2, 0.25) is 0 Å². The van der Waals surface area contributed by atoms with E-state index >= 15 is 0 Å². The summed E-state index contributed by atoms with van der Waals surface area (Å²) in [6.45, 7) is 8.35. The van der Waals surface area contributed by atoms with E-state index in [1.807, 2.05) is 43.3 Å². The third-order valence-electron chi connectivity index (χ3n) is 5.21. The van der Waals surface area contributed by atoms with Crippen LogP contribution in [0, 0.1) is 5.41 Å². The van der Waals surface area contributed by atoms with Crippen molar-refractivity contribution in [1.29, 1.82) is 5.41 Å². The van der Waals surface area contributed by atoms with E-state index in [1.54, 1.807) is 0 Å². The van der Waals surface area contributed by atoms with Crippen LogP contribution in [0.25, 0.3) is 22.2 Å². The number of benzene rings is 2. The van der Waals surface area contributed by atoms with Gasteiger partial charge in [0.25, 0.3) is 0 Å². The van der Waals surface area contributed by atoms with E-state index < -0.39 is 0 Å². The molecular weight excluding hydrogens is 388 g/mol. The molecule has 0 saturated heterocycles. The van der Waals surface area contributed by atoms with Crippen LogP contribution in [0.1, 0.15) is 45.6 Å². The molecule has 1 heterocycles. The highest BCUT2D eigenvalue weighted by Crippen LogP contribution is 2.35. The van der Waals surface area contributed by atoms with Gasteiger partial charge < -0.3 is 25.3 Å². The number of amides is 2. The van der Waals surface area contributed by atoms with E-state index in [1.165, 1.54) is 6.21 Å². The number of fused-ring (bicyclic) bond motifs is 1. The van der Waals surface area contributed by atoms with E-state index in [9.17, 15) is 4.79 Å². The van der Waals surface area contributed by atoms with Crippen LogP contribution in [-0.2, 0) is 6.54 Å². The van der Waals surface area contributed by atoms with Gasteiger partial charge in [-0.1, -0.05) is 32.4 Å². The molecule has 6 heteroatoms. The van der Waals surface area contributed by atoms with Crippen molar-refractivity contribution in [1.82, 2.24) is 9.88 Å². The van der Waals surface area contributed by atoms with Crippen molar-refractivity contribution in [2.45, 2.75) is 46.6 Å². The molecule has 0 atom stereocenters. The number of aryl methyl sites for hydroxylation is 1. The summed E-state index contributed by atoms with van der Waals surface area (Å²) in [6.07, 6.45) is 4.41. The first kappa shape index (κ1) is 22.4. The fraction of sp³-hybridized carbons (Fsp3) is 0.360. The number of rotatable bonds is 10. The van der Waals surface area contributed by atoms with Crippen molar-refractivity contribution in [2.75, 3.05) is 18.5 Å². The van der Waals surface area contributed by atoms with E-state index in [2.05, 4.69) is 35.1 Å². The molecule has 2 aromatic carbocycles. The van der Waals surface area contributed by atoms with Crippen LogP contribution in [0.3, 0.4) is 0 Å². The van der Waals surface area contributed by atoms with Crippen LogP contribution in [0.5, 0.6) is 5.75 Å². The minimum Gasteiger partial charge on any atom is -0.494 e. The standard InChI is InChI=1S/C25H32N4O2/c1-4-7-14-27-25(30)28-19-10-8-18(9-11-19)24-22(17-26)21-13-12-20(31-6-3)16-23(21)29(24)15-5-2/h8-13,16-17,26H,4-7,14-15H2,1-3H3,(H2,27,28,30). The lowest BCUT2D eigenvalue weighted by Crippen LogP contribution is -2.29. The molecule has 3 rings (SSSR count). The summed E-state index contributed by atoms with van der Waals surface area (Å²) in [7, 11) is 0. The number of ether oxygens (including phenoxy) is 1. The van der Waals surface area contributed by atoms with Crippen molar-refractivity contribution < 1.29 is 9.53 Å². The summed E-state index contributed by atoms with van der Waals surface area (Å²) >= 11 is 0. The van der Waals surface area contributed by atoms with E-state index in [4.69, 9.17) is 10.1 Å². The minimum atomic E-state index is -0.190. The lowest BCUT2D eigenvalue weighted by molar-refractivity contribution is 0.252. The number of anilines is 1. The van der Waals surface area contributed by atoms with E-state index in [0.717, 1.165) is 65.0 Å². The van der Waals surface area contributed by atoms with Gasteiger partial charge in [-0.2, -0.15) is 0 Å². The SMILES string of the molecule is CCCCNC(=O)Nc1ccc(-c2c(C=N)c3ccc(OCC)cc3n2CCC)cc1. The second-order valence-electron chi connectivity index (χ2n) is 7.48. The van der Waals surface area contributed by atoms with Gasteiger partial charge in [0.15, 0.2) is 0 Å². The van der Waals surface area contributed by atoms with Crippen LogP contribution >= 0.6 is 0 Å². The molecule has 0 saturated carbocycles. The smallest absolute Gasteiger partial charge is 0.319 e. The van der Waals surface area contributed by atoms with Gasteiger partial charge in [-0.05, 0) is 49.6 Å². The molecule has 1 aromatic heterocycles. The number of urea groups is 1. The molecule has 0 aliphatic heterocycles. The third kappa shape index (κ3) is 5.08. The van der Waals surface area contributed by atoms with Crippen LogP contribution in [0.2, 0.25) is 0 Å². The number of aromatic nitrogens is 1. The van der Waals surface area contributed by atoms with Gasteiger partial charge in [-0.3, -0.25) is 0 Å². The summed E-state index contributed by atoms with van der Waals surface area (Å²) in [5.41, 5.74) is 4.73. The molecule has 2 amide bonds. The molecule has 3 N–H and O–H groups in total. The second kappa shape index (κ2) is 10.7. The number of nitrogens with zero attached hydrogens (tertiary/aromatic N) is 1. The maximum Gasteiger partial charge on any atom is 0.319 e. The highest BCUT2D eigenvalue weighted by Gasteiger charge is 2.18. The van der Waals surface area contributed by atoms with Crippen molar-refractivity contribution in [3.63, 3.8) is 0 Å². The largest absolute Gasteiger partial charge is 0.494 e. The number of hydrogen-bond acceptors (Lipinski definition) is 3. The van der Waals surface area contributed by atoms with Gasteiger partial charge in [-0.25, -0.2) is 4.79 Å². The van der Waals surface area contributed by atoms with Crippen molar-refractivity contribution in [3.05, 3.63) is 48.0 Å². The van der Waals surface area contributed by atoms with Crippen molar-refractivity contribution in [2.24, 2.45) is 0 Å². The zero-order valence-electron chi connectivity index (χ0n) is 18.6. The highest BCUT2D eigenvalue weighted by molar-refractivity contribution is 6.06. The molecule has 6 nitrogen and oxygen atoms in total. The Morgan fingerprint density at radius 1 is 1.10 bits per heavy atom. The Hall–Kier alpha value is -3.28. The number of nitrogens with one attached hydrogen (secondary N) is 3. The van der Waals surface area contributed by atoms with Crippen LogP contribution < -0.4 is 15.4 Å². The molecule has 0 fully saturated rings. The number of carbonyl (C=O) groups is 1. The van der Waals surface area contributed by atoms with Gasteiger partial charge in [0.05, 0.1) is 17.8 Å². The first-order chi connectivity index (χ1) is 15.1. The number of unbranched alkanes of at least 4 members (excludes halogenated alkanes) is 1. The molecule has 0 unspecified atom stereocenters. The molecule has 164 valence electrons. The minimum absolute atomic E-state index is 0.190. The Balaban J connectivity index is 1.96. The summed E-state index contributed by atoms with van der Waals surface area (Å²) in [6, 6.07) is 13.7. The average Bonchev–Trinajstić information content (AvgIpc) is 3.08. The van der Waals surface area contributed by atoms with Crippen molar-refractivity contribution >= 4 is 28.8 Å².